The number of esters is 1. The van der Waals surface area contributed by atoms with Crippen LogP contribution in [0.1, 0.15) is 49.0 Å². The molecule has 2 aliphatic rings. The van der Waals surface area contributed by atoms with Crippen molar-refractivity contribution in [2.24, 2.45) is 5.41 Å². The van der Waals surface area contributed by atoms with Gasteiger partial charge < -0.3 is 49.6 Å². The lowest BCUT2D eigenvalue weighted by Gasteiger charge is -2.26. The number of benzene rings is 2. The number of ketones is 1. The number of aliphatic hydroxyl groups is 6. The van der Waals surface area contributed by atoms with Crippen LogP contribution < -0.4 is 14.2 Å². The van der Waals surface area contributed by atoms with E-state index < -0.39 is 35.2 Å². The topological polar surface area (TPSA) is 192 Å². The van der Waals surface area contributed by atoms with Crippen molar-refractivity contribution in [1.82, 2.24) is 0 Å². The molecule has 0 aromatic heterocycles. The summed E-state index contributed by atoms with van der Waals surface area (Å²) in [5.74, 6) is -2.24. The van der Waals surface area contributed by atoms with Crippen molar-refractivity contribution in [3.63, 3.8) is 0 Å². The van der Waals surface area contributed by atoms with Gasteiger partial charge in [0.1, 0.15) is 12.0 Å². The standard InChI is InChI=1S/C25H28O12/c1-13(2)35-22(27)23(10-11-23)12-34-20-17(14-4-3-5-16-15(14)6-8-18(16)26)7-9-19(36-24(28,29)30)21(20)37-25(31,32)33/h3-5,7,9,13,28-33H,6,8,10-12H2,1-2H3. The number of Topliss-reactive ketones (excluding diaryl/α,β-unsaturated/α-hetero) is 1. The third-order valence-corrected chi connectivity index (χ3v) is 6.05. The molecule has 2 aromatic rings. The van der Waals surface area contributed by atoms with E-state index in [4.69, 9.17) is 14.2 Å². The Hall–Kier alpha value is -3.26. The summed E-state index contributed by atoms with van der Waals surface area (Å²) < 4.78 is 20.8. The molecule has 0 radical (unpaired) electrons. The van der Waals surface area contributed by atoms with Crippen molar-refractivity contribution in [3.8, 4) is 28.4 Å². The van der Waals surface area contributed by atoms with E-state index >= 15 is 0 Å². The van der Waals surface area contributed by atoms with Crippen LogP contribution in [0.15, 0.2) is 30.3 Å². The van der Waals surface area contributed by atoms with Gasteiger partial charge in [0.15, 0.2) is 17.3 Å². The van der Waals surface area contributed by atoms with E-state index in [0.717, 1.165) is 6.07 Å². The number of ether oxygens (including phenoxy) is 4. The highest BCUT2D eigenvalue weighted by Gasteiger charge is 2.53. The highest BCUT2D eigenvalue weighted by molar-refractivity contribution is 6.02. The second-order valence-corrected chi connectivity index (χ2v) is 9.40. The van der Waals surface area contributed by atoms with Gasteiger partial charge in [-0.15, -0.1) is 0 Å². The molecule has 12 heteroatoms. The van der Waals surface area contributed by atoms with Crippen LogP contribution in [0.25, 0.3) is 11.1 Å². The van der Waals surface area contributed by atoms with E-state index in [-0.39, 0.29) is 36.2 Å². The van der Waals surface area contributed by atoms with Gasteiger partial charge in [0, 0.05) is 17.5 Å². The molecule has 0 spiro atoms. The fourth-order valence-electron chi connectivity index (χ4n) is 4.21. The Kier molecular flexibility index (Phi) is 6.92. The average Bonchev–Trinajstić information content (AvgIpc) is 3.47. The number of carbonyl (C=O) groups is 2. The lowest BCUT2D eigenvalue weighted by molar-refractivity contribution is -0.428. The Morgan fingerprint density at radius 2 is 1.54 bits per heavy atom. The molecule has 200 valence electrons. The molecular weight excluding hydrogens is 492 g/mol. The zero-order chi connectivity index (χ0) is 27.2. The summed E-state index contributed by atoms with van der Waals surface area (Å²) >= 11 is 0. The van der Waals surface area contributed by atoms with E-state index in [0.29, 0.717) is 36.0 Å². The van der Waals surface area contributed by atoms with Gasteiger partial charge in [-0.3, -0.25) is 9.59 Å². The van der Waals surface area contributed by atoms with E-state index in [9.17, 15) is 40.2 Å². The SMILES string of the molecule is CC(C)OC(=O)C1(COc2c(-c3cccc4c3CCC4=O)ccc(OC(O)(O)O)c2OC(O)(O)O)CC1. The van der Waals surface area contributed by atoms with Crippen LogP contribution >= 0.6 is 0 Å². The summed E-state index contributed by atoms with van der Waals surface area (Å²) in [4.78, 5) is 25.0. The monoisotopic (exact) mass is 520 g/mol. The molecule has 12 nitrogen and oxygen atoms in total. The van der Waals surface area contributed by atoms with Crippen molar-refractivity contribution >= 4 is 11.8 Å². The molecule has 0 amide bonds. The maximum Gasteiger partial charge on any atom is 0.453 e. The van der Waals surface area contributed by atoms with E-state index in [2.05, 4.69) is 4.74 Å². The Bertz CT molecular complexity index is 1200. The zero-order valence-corrected chi connectivity index (χ0v) is 20.1. The second-order valence-electron chi connectivity index (χ2n) is 9.40. The summed E-state index contributed by atoms with van der Waals surface area (Å²) in [7, 11) is 0. The summed E-state index contributed by atoms with van der Waals surface area (Å²) in [5, 5.41) is 56.8. The Morgan fingerprint density at radius 3 is 2.14 bits per heavy atom. The Balaban J connectivity index is 1.84. The molecular formula is C25H28O12. The first kappa shape index (κ1) is 26.8. The average molecular weight is 520 g/mol. The van der Waals surface area contributed by atoms with Crippen LogP contribution in [-0.2, 0) is 16.0 Å². The summed E-state index contributed by atoms with van der Waals surface area (Å²) in [6.07, 6.45) is -6.25. The van der Waals surface area contributed by atoms with E-state index in [1.807, 2.05) is 0 Å². The quantitative estimate of drug-likeness (QED) is 0.188. The van der Waals surface area contributed by atoms with Gasteiger partial charge in [-0.2, -0.15) is 0 Å². The lowest BCUT2D eigenvalue weighted by Crippen LogP contribution is -2.37. The van der Waals surface area contributed by atoms with Crippen molar-refractivity contribution in [2.75, 3.05) is 6.61 Å². The van der Waals surface area contributed by atoms with Gasteiger partial charge in [-0.05, 0) is 56.4 Å². The molecule has 6 N–H and O–H groups in total. The first-order valence-corrected chi connectivity index (χ1v) is 11.6. The fraction of sp³-hybridized carbons (Fsp3) is 0.440. The van der Waals surface area contributed by atoms with Crippen LogP contribution in [0.3, 0.4) is 0 Å². The van der Waals surface area contributed by atoms with Gasteiger partial charge in [0.25, 0.3) is 0 Å². The maximum atomic E-state index is 12.7. The predicted octanol–water partition coefficient (Wildman–Crippen LogP) is 0.527. The Labute approximate surface area is 211 Å². The van der Waals surface area contributed by atoms with Gasteiger partial charge in [-0.1, -0.05) is 18.2 Å². The zero-order valence-electron chi connectivity index (χ0n) is 20.1. The minimum absolute atomic E-state index is 0.0603. The van der Waals surface area contributed by atoms with Crippen molar-refractivity contribution in [1.29, 1.82) is 0 Å². The summed E-state index contributed by atoms with van der Waals surface area (Å²) in [6, 6.07) is 7.48. The van der Waals surface area contributed by atoms with Crippen molar-refractivity contribution < 1.29 is 59.2 Å². The van der Waals surface area contributed by atoms with E-state index in [1.165, 1.54) is 6.07 Å². The number of hydrogen-bond acceptors (Lipinski definition) is 12. The lowest BCUT2D eigenvalue weighted by atomic mass is 9.95. The second kappa shape index (κ2) is 9.56. The minimum Gasteiger partial charge on any atom is -0.488 e. The fourth-order valence-corrected chi connectivity index (χ4v) is 4.21. The number of hydrogen-bond donors (Lipinski definition) is 6. The highest BCUT2D eigenvalue weighted by atomic mass is 16.9. The Morgan fingerprint density at radius 1 is 0.892 bits per heavy atom. The van der Waals surface area contributed by atoms with Gasteiger partial charge >= 0.3 is 18.3 Å². The largest absolute Gasteiger partial charge is 0.488 e. The van der Waals surface area contributed by atoms with Crippen LogP contribution in [0.2, 0.25) is 0 Å². The molecule has 0 bridgehead atoms. The smallest absolute Gasteiger partial charge is 0.453 e. The van der Waals surface area contributed by atoms with Gasteiger partial charge in [0.05, 0.1) is 6.10 Å². The molecule has 0 saturated heterocycles. The molecule has 1 saturated carbocycles. The number of fused-ring (bicyclic) bond motifs is 1. The normalized spacial score (nSPS) is 16.4. The molecule has 0 aliphatic heterocycles. The van der Waals surface area contributed by atoms with Crippen LogP contribution in [0.4, 0.5) is 0 Å². The van der Waals surface area contributed by atoms with E-state index in [1.54, 1.807) is 32.0 Å². The molecule has 2 aromatic carbocycles. The molecule has 37 heavy (non-hydrogen) atoms. The number of carbonyl (C=O) groups excluding carboxylic acids is 2. The first-order chi connectivity index (χ1) is 17.2. The van der Waals surface area contributed by atoms with Crippen molar-refractivity contribution in [2.45, 2.75) is 58.0 Å². The molecule has 0 unspecified atom stereocenters. The predicted molar refractivity (Wildman–Crippen MR) is 123 cm³/mol. The highest BCUT2D eigenvalue weighted by Crippen LogP contribution is 2.51. The molecule has 1 fully saturated rings. The minimum atomic E-state index is -3.78. The van der Waals surface area contributed by atoms with Crippen LogP contribution in [0.5, 0.6) is 17.2 Å². The molecule has 2 aliphatic carbocycles. The summed E-state index contributed by atoms with van der Waals surface area (Å²) in [5.41, 5.74) is 0.929. The molecule has 0 atom stereocenters. The maximum absolute atomic E-state index is 12.7. The van der Waals surface area contributed by atoms with Crippen molar-refractivity contribution in [3.05, 3.63) is 41.5 Å². The third-order valence-electron chi connectivity index (χ3n) is 6.05. The number of rotatable bonds is 10. The summed E-state index contributed by atoms with van der Waals surface area (Å²) in [6.45, 7) is 3.15. The third kappa shape index (κ3) is 6.01. The van der Waals surface area contributed by atoms with Crippen LogP contribution in [0, 0.1) is 5.41 Å². The molecule has 0 heterocycles. The van der Waals surface area contributed by atoms with Gasteiger partial charge in [-0.25, -0.2) is 0 Å². The van der Waals surface area contributed by atoms with Gasteiger partial charge in [0.2, 0.25) is 5.75 Å². The first-order valence-electron chi connectivity index (χ1n) is 11.6. The molecule has 4 rings (SSSR count). The van der Waals surface area contributed by atoms with Crippen LogP contribution in [-0.4, -0.2) is 67.4 Å².